The maximum absolute atomic E-state index is 6.79. The van der Waals surface area contributed by atoms with Crippen LogP contribution in [0.1, 0.15) is 64.2 Å². The van der Waals surface area contributed by atoms with Crippen molar-refractivity contribution in [3.8, 4) is 0 Å². The maximum Gasteiger partial charge on any atom is 0.0214 e. The molecule has 0 spiro atoms. The van der Waals surface area contributed by atoms with E-state index in [9.17, 15) is 0 Å². The standard InChI is InChI=1S/C14H25N/c15-14(10-11-7-8-13(14)9-11)12-5-3-1-2-4-6-12/h11-13H,1-10,15H2. The van der Waals surface area contributed by atoms with Crippen LogP contribution in [0, 0.1) is 17.8 Å². The van der Waals surface area contributed by atoms with Crippen LogP contribution in [0.5, 0.6) is 0 Å². The molecule has 86 valence electrons. The van der Waals surface area contributed by atoms with E-state index in [2.05, 4.69) is 0 Å². The second-order valence-electron chi connectivity index (χ2n) is 6.38. The number of rotatable bonds is 1. The van der Waals surface area contributed by atoms with E-state index in [1.807, 2.05) is 0 Å². The van der Waals surface area contributed by atoms with Crippen LogP contribution in [0.4, 0.5) is 0 Å². The van der Waals surface area contributed by atoms with Crippen molar-refractivity contribution in [3.05, 3.63) is 0 Å². The maximum atomic E-state index is 6.79. The van der Waals surface area contributed by atoms with Crippen molar-refractivity contribution < 1.29 is 0 Å². The fourth-order valence-electron chi connectivity index (χ4n) is 4.73. The lowest BCUT2D eigenvalue weighted by Gasteiger charge is -2.41. The van der Waals surface area contributed by atoms with Crippen LogP contribution in [-0.4, -0.2) is 5.54 Å². The largest absolute Gasteiger partial charge is 0.325 e. The van der Waals surface area contributed by atoms with Gasteiger partial charge in [0.15, 0.2) is 0 Å². The molecule has 0 radical (unpaired) electrons. The van der Waals surface area contributed by atoms with Gasteiger partial charge in [0, 0.05) is 5.54 Å². The summed E-state index contributed by atoms with van der Waals surface area (Å²) in [6, 6.07) is 0. The van der Waals surface area contributed by atoms with E-state index in [4.69, 9.17) is 5.73 Å². The zero-order valence-corrected chi connectivity index (χ0v) is 9.88. The van der Waals surface area contributed by atoms with Gasteiger partial charge in [0.25, 0.3) is 0 Å². The molecule has 3 atom stereocenters. The Balaban J connectivity index is 1.74. The van der Waals surface area contributed by atoms with Crippen LogP contribution >= 0.6 is 0 Å². The van der Waals surface area contributed by atoms with Gasteiger partial charge in [-0.05, 0) is 49.9 Å². The summed E-state index contributed by atoms with van der Waals surface area (Å²) in [5.74, 6) is 2.77. The summed E-state index contributed by atoms with van der Waals surface area (Å²) in [4.78, 5) is 0. The van der Waals surface area contributed by atoms with Gasteiger partial charge in [0.05, 0.1) is 0 Å². The van der Waals surface area contributed by atoms with Gasteiger partial charge in [0.2, 0.25) is 0 Å². The minimum atomic E-state index is 0.271. The van der Waals surface area contributed by atoms with Crippen LogP contribution in [0.15, 0.2) is 0 Å². The van der Waals surface area contributed by atoms with Gasteiger partial charge in [-0.3, -0.25) is 0 Å². The normalized spacial score (nSPS) is 47.0. The molecule has 3 saturated carbocycles. The molecule has 1 nitrogen and oxygen atoms in total. The van der Waals surface area contributed by atoms with Gasteiger partial charge in [-0.15, -0.1) is 0 Å². The van der Waals surface area contributed by atoms with Crippen molar-refractivity contribution in [2.75, 3.05) is 0 Å². The third-order valence-electron chi connectivity index (χ3n) is 5.56. The molecule has 0 aliphatic heterocycles. The predicted octanol–water partition coefficient (Wildman–Crippen LogP) is 3.47. The van der Waals surface area contributed by atoms with E-state index in [0.29, 0.717) is 0 Å². The van der Waals surface area contributed by atoms with Crippen molar-refractivity contribution in [3.63, 3.8) is 0 Å². The molecule has 0 heterocycles. The average molecular weight is 207 g/mol. The van der Waals surface area contributed by atoms with Crippen molar-refractivity contribution in [2.45, 2.75) is 69.7 Å². The molecule has 0 aromatic heterocycles. The second kappa shape index (κ2) is 3.76. The molecule has 0 aromatic carbocycles. The summed E-state index contributed by atoms with van der Waals surface area (Å²) in [5, 5.41) is 0. The minimum Gasteiger partial charge on any atom is -0.325 e. The number of hydrogen-bond acceptors (Lipinski definition) is 1. The van der Waals surface area contributed by atoms with Gasteiger partial charge >= 0.3 is 0 Å². The van der Waals surface area contributed by atoms with Crippen LogP contribution < -0.4 is 5.73 Å². The number of fused-ring (bicyclic) bond motifs is 2. The smallest absolute Gasteiger partial charge is 0.0214 e. The summed E-state index contributed by atoms with van der Waals surface area (Å²) in [5.41, 5.74) is 7.06. The molecule has 3 fully saturated rings. The Morgan fingerprint density at radius 3 is 2.07 bits per heavy atom. The molecular formula is C14H25N. The summed E-state index contributed by atoms with van der Waals surface area (Å²) < 4.78 is 0. The molecule has 1 heteroatoms. The molecule has 0 aromatic rings. The van der Waals surface area contributed by atoms with Gasteiger partial charge in [-0.1, -0.05) is 32.1 Å². The van der Waals surface area contributed by atoms with Crippen molar-refractivity contribution in [2.24, 2.45) is 23.5 Å². The van der Waals surface area contributed by atoms with Crippen molar-refractivity contribution >= 4 is 0 Å². The van der Waals surface area contributed by atoms with Gasteiger partial charge < -0.3 is 5.73 Å². The minimum absolute atomic E-state index is 0.271. The van der Waals surface area contributed by atoms with Gasteiger partial charge in [0.1, 0.15) is 0 Å². The third kappa shape index (κ3) is 1.63. The summed E-state index contributed by atoms with van der Waals surface area (Å²) >= 11 is 0. The molecule has 3 aliphatic rings. The van der Waals surface area contributed by atoms with E-state index < -0.39 is 0 Å². The van der Waals surface area contributed by atoms with E-state index in [1.54, 1.807) is 0 Å². The van der Waals surface area contributed by atoms with Crippen LogP contribution in [0.2, 0.25) is 0 Å². The highest BCUT2D eigenvalue weighted by molar-refractivity contribution is 5.07. The molecule has 3 aliphatic carbocycles. The van der Waals surface area contributed by atoms with E-state index in [-0.39, 0.29) is 5.54 Å². The topological polar surface area (TPSA) is 26.0 Å². The van der Waals surface area contributed by atoms with Crippen LogP contribution in [-0.2, 0) is 0 Å². The monoisotopic (exact) mass is 207 g/mol. The first-order valence-electron chi connectivity index (χ1n) is 7.08. The highest BCUT2D eigenvalue weighted by Crippen LogP contribution is 2.54. The van der Waals surface area contributed by atoms with Crippen molar-refractivity contribution in [1.29, 1.82) is 0 Å². The predicted molar refractivity (Wildman–Crippen MR) is 63.6 cm³/mol. The number of nitrogens with two attached hydrogens (primary N) is 1. The second-order valence-corrected chi connectivity index (χ2v) is 6.38. The quantitative estimate of drug-likeness (QED) is 0.655. The van der Waals surface area contributed by atoms with Gasteiger partial charge in [-0.25, -0.2) is 0 Å². The highest BCUT2D eigenvalue weighted by atomic mass is 14.8. The molecule has 15 heavy (non-hydrogen) atoms. The fourth-order valence-corrected chi connectivity index (χ4v) is 4.73. The van der Waals surface area contributed by atoms with Crippen LogP contribution in [0.3, 0.4) is 0 Å². The van der Waals surface area contributed by atoms with Crippen molar-refractivity contribution in [1.82, 2.24) is 0 Å². The SMILES string of the molecule is NC1(C2CCCCCC2)CC2CCC1C2. The molecular weight excluding hydrogens is 182 g/mol. The first-order valence-corrected chi connectivity index (χ1v) is 7.08. The fraction of sp³-hybridized carbons (Fsp3) is 1.00. The Morgan fingerprint density at radius 1 is 0.800 bits per heavy atom. The number of hydrogen-bond donors (Lipinski definition) is 1. The first kappa shape index (κ1) is 10.1. The Morgan fingerprint density at radius 2 is 1.53 bits per heavy atom. The summed E-state index contributed by atoms with van der Waals surface area (Å²) in [6.07, 6.45) is 14.4. The molecule has 2 N–H and O–H groups in total. The third-order valence-corrected chi connectivity index (χ3v) is 5.56. The lowest BCUT2D eigenvalue weighted by atomic mass is 9.70. The molecule has 2 bridgehead atoms. The van der Waals surface area contributed by atoms with E-state index in [0.717, 1.165) is 17.8 Å². The lowest BCUT2D eigenvalue weighted by molar-refractivity contribution is 0.159. The summed E-state index contributed by atoms with van der Waals surface area (Å²) in [7, 11) is 0. The van der Waals surface area contributed by atoms with Gasteiger partial charge in [-0.2, -0.15) is 0 Å². The lowest BCUT2D eigenvalue weighted by Crippen LogP contribution is -2.51. The summed E-state index contributed by atoms with van der Waals surface area (Å²) in [6.45, 7) is 0. The Hall–Kier alpha value is -0.0400. The average Bonchev–Trinajstić information content (AvgIpc) is 2.69. The molecule has 0 amide bonds. The van der Waals surface area contributed by atoms with E-state index >= 15 is 0 Å². The Bertz CT molecular complexity index is 229. The van der Waals surface area contributed by atoms with E-state index in [1.165, 1.54) is 64.2 Å². The zero-order chi connectivity index (χ0) is 10.3. The zero-order valence-electron chi connectivity index (χ0n) is 9.88. The molecule has 3 unspecified atom stereocenters. The Kier molecular flexibility index (Phi) is 2.54. The highest BCUT2D eigenvalue weighted by Gasteiger charge is 2.51. The first-order chi connectivity index (χ1) is 7.29. The Labute approximate surface area is 93.8 Å². The van der Waals surface area contributed by atoms with Crippen LogP contribution in [0.25, 0.3) is 0 Å². The molecule has 3 rings (SSSR count). The molecule has 0 saturated heterocycles.